The SMILES string of the molecule is CCCCC1C=C(N)NN1c1ccc(Cl)cc1. The number of unbranched alkanes of at least 4 members (excludes halogenated alkanes) is 1. The third-order valence-electron chi connectivity index (χ3n) is 2.91. The highest BCUT2D eigenvalue weighted by Gasteiger charge is 2.22. The van der Waals surface area contributed by atoms with Gasteiger partial charge in [0.05, 0.1) is 11.7 Å². The molecule has 1 aliphatic rings. The lowest BCUT2D eigenvalue weighted by molar-refractivity contribution is 0.595. The molecule has 0 fully saturated rings. The molecule has 0 radical (unpaired) electrons. The van der Waals surface area contributed by atoms with Crippen molar-refractivity contribution in [2.24, 2.45) is 5.73 Å². The Balaban J connectivity index is 2.11. The van der Waals surface area contributed by atoms with Gasteiger partial charge in [0.15, 0.2) is 0 Å². The number of hydrogen-bond donors (Lipinski definition) is 2. The number of nitrogens with two attached hydrogens (primary N) is 1. The summed E-state index contributed by atoms with van der Waals surface area (Å²) in [5, 5.41) is 2.85. The van der Waals surface area contributed by atoms with Gasteiger partial charge in [-0.25, -0.2) is 0 Å². The zero-order chi connectivity index (χ0) is 12.3. The zero-order valence-corrected chi connectivity index (χ0v) is 10.7. The molecule has 0 saturated carbocycles. The first-order valence-corrected chi connectivity index (χ1v) is 6.37. The van der Waals surface area contributed by atoms with Crippen LogP contribution < -0.4 is 16.2 Å². The number of halogens is 1. The minimum Gasteiger partial charge on any atom is -0.384 e. The summed E-state index contributed by atoms with van der Waals surface area (Å²) in [6, 6.07) is 8.12. The summed E-state index contributed by atoms with van der Waals surface area (Å²) in [7, 11) is 0. The first-order valence-electron chi connectivity index (χ1n) is 5.99. The van der Waals surface area contributed by atoms with Crippen LogP contribution >= 0.6 is 11.6 Å². The van der Waals surface area contributed by atoms with Gasteiger partial charge in [-0.05, 0) is 36.8 Å². The number of anilines is 1. The number of hydrazine groups is 1. The van der Waals surface area contributed by atoms with Crippen LogP contribution in [-0.4, -0.2) is 6.04 Å². The zero-order valence-electron chi connectivity index (χ0n) is 9.99. The molecule has 0 aliphatic carbocycles. The van der Waals surface area contributed by atoms with Crippen LogP contribution in [0, 0.1) is 0 Å². The maximum atomic E-state index is 5.89. The molecule has 1 heterocycles. The van der Waals surface area contributed by atoms with E-state index in [4.69, 9.17) is 17.3 Å². The molecule has 1 aliphatic heterocycles. The second-order valence-electron chi connectivity index (χ2n) is 4.29. The maximum absolute atomic E-state index is 5.89. The Morgan fingerprint density at radius 3 is 2.71 bits per heavy atom. The van der Waals surface area contributed by atoms with Gasteiger partial charge in [0.2, 0.25) is 0 Å². The van der Waals surface area contributed by atoms with Gasteiger partial charge < -0.3 is 5.73 Å². The summed E-state index contributed by atoms with van der Waals surface area (Å²) < 4.78 is 0. The average Bonchev–Trinajstić information content (AvgIpc) is 2.69. The fraction of sp³-hybridized carbons (Fsp3) is 0.385. The van der Waals surface area contributed by atoms with E-state index in [1.165, 1.54) is 12.8 Å². The summed E-state index contributed by atoms with van der Waals surface area (Å²) in [5.41, 5.74) is 10.1. The Bertz CT molecular complexity index is 400. The van der Waals surface area contributed by atoms with Crippen LogP contribution in [0.4, 0.5) is 5.69 Å². The first kappa shape index (κ1) is 12.1. The van der Waals surface area contributed by atoms with Gasteiger partial charge in [-0.3, -0.25) is 10.4 Å². The van der Waals surface area contributed by atoms with Gasteiger partial charge >= 0.3 is 0 Å². The summed E-state index contributed by atoms with van der Waals surface area (Å²) in [4.78, 5) is 0. The molecule has 0 aromatic heterocycles. The average molecular weight is 252 g/mol. The van der Waals surface area contributed by atoms with Gasteiger partial charge in [0.25, 0.3) is 0 Å². The second-order valence-corrected chi connectivity index (χ2v) is 4.73. The van der Waals surface area contributed by atoms with E-state index < -0.39 is 0 Å². The summed E-state index contributed by atoms with van der Waals surface area (Å²) in [6.07, 6.45) is 5.57. The highest BCUT2D eigenvalue weighted by Crippen LogP contribution is 2.24. The molecule has 92 valence electrons. The standard InChI is InChI=1S/C13H18ClN3/c1-2-3-4-12-9-13(15)16-17(12)11-7-5-10(14)6-8-11/h5-9,12,16H,2-4,15H2,1H3. The Morgan fingerprint density at radius 1 is 1.35 bits per heavy atom. The van der Waals surface area contributed by atoms with Crippen molar-refractivity contribution in [3.8, 4) is 0 Å². The third-order valence-corrected chi connectivity index (χ3v) is 3.16. The molecule has 0 spiro atoms. The minimum absolute atomic E-state index is 0.330. The number of benzene rings is 1. The predicted molar refractivity (Wildman–Crippen MR) is 72.7 cm³/mol. The largest absolute Gasteiger partial charge is 0.384 e. The Labute approximate surface area is 107 Å². The molecule has 1 unspecified atom stereocenters. The fourth-order valence-electron chi connectivity index (χ4n) is 2.02. The van der Waals surface area contributed by atoms with Crippen LogP contribution in [-0.2, 0) is 0 Å². The predicted octanol–water partition coefficient (Wildman–Crippen LogP) is 3.02. The van der Waals surface area contributed by atoms with Crippen LogP contribution in [0.25, 0.3) is 0 Å². The molecule has 1 atom stereocenters. The highest BCUT2D eigenvalue weighted by atomic mass is 35.5. The van der Waals surface area contributed by atoms with Crippen molar-refractivity contribution in [2.45, 2.75) is 32.2 Å². The molecule has 17 heavy (non-hydrogen) atoms. The Kier molecular flexibility index (Phi) is 3.79. The fourth-order valence-corrected chi connectivity index (χ4v) is 2.15. The lowest BCUT2D eigenvalue weighted by atomic mass is 10.1. The van der Waals surface area contributed by atoms with Crippen LogP contribution in [0.1, 0.15) is 26.2 Å². The van der Waals surface area contributed by atoms with Gasteiger partial charge in [-0.15, -0.1) is 0 Å². The van der Waals surface area contributed by atoms with Crippen molar-refractivity contribution in [1.29, 1.82) is 0 Å². The molecule has 3 nitrogen and oxygen atoms in total. The summed E-state index contributed by atoms with van der Waals surface area (Å²) in [6.45, 7) is 2.20. The molecule has 1 aromatic rings. The minimum atomic E-state index is 0.330. The normalized spacial score (nSPS) is 19.1. The van der Waals surface area contributed by atoms with Gasteiger partial charge in [0.1, 0.15) is 5.82 Å². The van der Waals surface area contributed by atoms with Crippen molar-refractivity contribution in [1.82, 2.24) is 5.43 Å². The van der Waals surface area contributed by atoms with Crippen molar-refractivity contribution >= 4 is 17.3 Å². The van der Waals surface area contributed by atoms with Crippen LogP contribution in [0.15, 0.2) is 36.2 Å². The van der Waals surface area contributed by atoms with E-state index in [1.54, 1.807) is 0 Å². The molecule has 0 saturated heterocycles. The number of nitrogens with zero attached hydrogens (tertiary/aromatic N) is 1. The molecule has 4 heteroatoms. The van der Waals surface area contributed by atoms with Crippen LogP contribution in [0.5, 0.6) is 0 Å². The van der Waals surface area contributed by atoms with E-state index >= 15 is 0 Å². The van der Waals surface area contributed by atoms with Gasteiger partial charge in [-0.2, -0.15) is 0 Å². The maximum Gasteiger partial charge on any atom is 0.113 e. The number of nitrogens with one attached hydrogen (secondary N) is 1. The quantitative estimate of drug-likeness (QED) is 0.864. The molecular weight excluding hydrogens is 234 g/mol. The monoisotopic (exact) mass is 251 g/mol. The van der Waals surface area contributed by atoms with E-state index in [9.17, 15) is 0 Å². The Morgan fingerprint density at radius 2 is 2.06 bits per heavy atom. The number of rotatable bonds is 4. The van der Waals surface area contributed by atoms with Crippen LogP contribution in [0.2, 0.25) is 5.02 Å². The topological polar surface area (TPSA) is 41.3 Å². The van der Waals surface area contributed by atoms with Gasteiger partial charge in [-0.1, -0.05) is 31.4 Å². The highest BCUT2D eigenvalue weighted by molar-refractivity contribution is 6.30. The van der Waals surface area contributed by atoms with E-state index in [2.05, 4.69) is 23.4 Å². The van der Waals surface area contributed by atoms with Gasteiger partial charge in [0, 0.05) is 5.02 Å². The summed E-state index contributed by atoms with van der Waals surface area (Å²) in [5.74, 6) is 0.723. The van der Waals surface area contributed by atoms with E-state index in [1.807, 2.05) is 24.3 Å². The lowest BCUT2D eigenvalue weighted by Crippen LogP contribution is -2.39. The van der Waals surface area contributed by atoms with Crippen molar-refractivity contribution in [3.63, 3.8) is 0 Å². The van der Waals surface area contributed by atoms with E-state index in [0.29, 0.717) is 6.04 Å². The smallest absolute Gasteiger partial charge is 0.113 e. The molecule has 3 N–H and O–H groups in total. The van der Waals surface area contributed by atoms with E-state index in [-0.39, 0.29) is 0 Å². The molecule has 0 bridgehead atoms. The van der Waals surface area contributed by atoms with E-state index in [0.717, 1.165) is 23.0 Å². The molecular formula is C13H18ClN3. The second kappa shape index (κ2) is 5.32. The molecule has 0 amide bonds. The first-order chi connectivity index (χ1) is 8.20. The van der Waals surface area contributed by atoms with Crippen molar-refractivity contribution in [2.75, 3.05) is 5.01 Å². The molecule has 1 aromatic carbocycles. The van der Waals surface area contributed by atoms with Crippen molar-refractivity contribution < 1.29 is 0 Å². The Hall–Kier alpha value is -1.35. The van der Waals surface area contributed by atoms with Crippen LogP contribution in [0.3, 0.4) is 0 Å². The molecule has 2 rings (SSSR count). The number of hydrogen-bond acceptors (Lipinski definition) is 3. The lowest BCUT2D eigenvalue weighted by Gasteiger charge is -2.26. The summed E-state index contributed by atoms with van der Waals surface area (Å²) >= 11 is 5.89. The van der Waals surface area contributed by atoms with Crippen molar-refractivity contribution in [3.05, 3.63) is 41.2 Å². The third kappa shape index (κ3) is 2.86.